The van der Waals surface area contributed by atoms with Crippen LogP contribution in [0, 0.1) is 5.92 Å². The summed E-state index contributed by atoms with van der Waals surface area (Å²) in [5.74, 6) is -1.19. The summed E-state index contributed by atoms with van der Waals surface area (Å²) < 4.78 is 44.8. The van der Waals surface area contributed by atoms with Gasteiger partial charge < -0.3 is 10.1 Å². The Kier molecular flexibility index (Phi) is 7.43. The quantitative estimate of drug-likeness (QED) is 0.263. The second kappa shape index (κ2) is 11.0. The highest BCUT2D eigenvalue weighted by Crippen LogP contribution is 2.39. The van der Waals surface area contributed by atoms with E-state index in [4.69, 9.17) is 9.72 Å². The van der Waals surface area contributed by atoms with E-state index in [0.717, 1.165) is 40.9 Å². The summed E-state index contributed by atoms with van der Waals surface area (Å²) in [6, 6.07) is 21.5. The molecule has 5 nitrogen and oxygen atoms in total. The second-order valence-electron chi connectivity index (χ2n) is 10.0. The number of halogens is 3. The number of anilines is 1. The zero-order valence-corrected chi connectivity index (χ0v) is 22.0. The van der Waals surface area contributed by atoms with Crippen LogP contribution < -0.4 is 5.32 Å². The number of hydrogen-bond donors (Lipinski definition) is 1. The summed E-state index contributed by atoms with van der Waals surface area (Å²) >= 11 is 0. The maximum absolute atomic E-state index is 13.7. The Balaban J connectivity index is 1.47. The van der Waals surface area contributed by atoms with E-state index >= 15 is 0 Å². The van der Waals surface area contributed by atoms with E-state index in [9.17, 15) is 22.8 Å². The number of pyridine rings is 1. The maximum atomic E-state index is 13.7. The molecule has 0 bridgehead atoms. The molecule has 0 unspecified atom stereocenters. The number of allylic oxidation sites excluding steroid dienone is 1. The van der Waals surface area contributed by atoms with Gasteiger partial charge in [-0.3, -0.25) is 4.79 Å². The molecule has 0 saturated carbocycles. The number of aromatic nitrogens is 1. The molecule has 0 radical (unpaired) electrons. The molecule has 3 aromatic carbocycles. The number of fused-ring (bicyclic) bond motifs is 2. The number of esters is 1. The Morgan fingerprint density at radius 1 is 1.00 bits per heavy atom. The summed E-state index contributed by atoms with van der Waals surface area (Å²) in [4.78, 5) is 31.4. The fourth-order valence-corrected chi connectivity index (χ4v) is 5.01. The molecule has 4 aromatic rings. The number of rotatable bonds is 5. The number of nitrogens with one attached hydrogen (secondary N) is 1. The van der Waals surface area contributed by atoms with Crippen LogP contribution in [0.5, 0.6) is 0 Å². The zero-order valence-electron chi connectivity index (χ0n) is 22.0. The van der Waals surface area contributed by atoms with Crippen LogP contribution in [0.1, 0.15) is 53.0 Å². The Bertz CT molecular complexity index is 1610. The molecule has 1 amide bonds. The van der Waals surface area contributed by atoms with Gasteiger partial charge in [-0.25, -0.2) is 9.78 Å². The fraction of sp³-hybridized carbons (Fsp3) is 0.219. The average Bonchev–Trinajstić information content (AvgIpc) is 2.92. The topological polar surface area (TPSA) is 68.3 Å². The van der Waals surface area contributed by atoms with Gasteiger partial charge in [-0.1, -0.05) is 61.5 Å². The van der Waals surface area contributed by atoms with Gasteiger partial charge in [0.1, 0.15) is 0 Å². The van der Waals surface area contributed by atoms with Crippen LogP contribution in [-0.4, -0.2) is 23.0 Å². The third kappa shape index (κ3) is 5.76. The summed E-state index contributed by atoms with van der Waals surface area (Å²) in [6.07, 6.45) is -2.33. The molecule has 5 rings (SSSR count). The highest BCUT2D eigenvalue weighted by Gasteiger charge is 2.32. The van der Waals surface area contributed by atoms with E-state index in [-0.39, 0.29) is 11.6 Å². The molecule has 0 aliphatic heterocycles. The average molecular weight is 545 g/mol. The fourth-order valence-electron chi connectivity index (χ4n) is 5.01. The van der Waals surface area contributed by atoms with Crippen molar-refractivity contribution in [2.24, 2.45) is 5.92 Å². The van der Waals surface area contributed by atoms with Crippen molar-refractivity contribution in [1.29, 1.82) is 0 Å². The number of para-hydroxylation sites is 1. The molecule has 1 aromatic heterocycles. The Hall–Kier alpha value is -4.46. The number of carbonyl (C=O) groups excluding carboxylic acids is 2. The summed E-state index contributed by atoms with van der Waals surface area (Å²) in [5, 5.41) is 3.03. The van der Waals surface area contributed by atoms with Crippen LogP contribution in [0.3, 0.4) is 0 Å². The van der Waals surface area contributed by atoms with E-state index in [1.165, 1.54) is 19.1 Å². The maximum Gasteiger partial charge on any atom is 0.416 e. The molecule has 1 N–H and O–H groups in total. The predicted octanol–water partition coefficient (Wildman–Crippen LogP) is 7.56. The molecular weight excluding hydrogens is 517 g/mol. The molecule has 1 heterocycles. The predicted molar refractivity (Wildman–Crippen MR) is 148 cm³/mol. The second-order valence-corrected chi connectivity index (χ2v) is 10.0. The van der Waals surface area contributed by atoms with Crippen molar-refractivity contribution >= 4 is 40.1 Å². The first-order valence-electron chi connectivity index (χ1n) is 13.0. The molecule has 1 aliphatic rings. The van der Waals surface area contributed by atoms with Gasteiger partial charge in [0, 0.05) is 11.1 Å². The lowest BCUT2D eigenvalue weighted by Gasteiger charge is -2.27. The van der Waals surface area contributed by atoms with Gasteiger partial charge in [0.15, 0.2) is 6.10 Å². The van der Waals surface area contributed by atoms with Crippen LogP contribution in [0.15, 0.2) is 78.9 Å². The van der Waals surface area contributed by atoms with E-state index < -0.39 is 29.7 Å². The SMILES string of the molecule is C[C@H]1C/C(=C/c2ccccc2)c2nc3ccccc3c(C(=O)O[C@@H](C)C(=O)Nc3cccc(C(F)(F)F)c3)c2C1. The number of hydrogen-bond acceptors (Lipinski definition) is 4. The minimum absolute atomic E-state index is 0.0426. The largest absolute Gasteiger partial charge is 0.449 e. The first kappa shape index (κ1) is 27.1. The van der Waals surface area contributed by atoms with Crippen LogP contribution in [0.25, 0.3) is 22.6 Å². The number of ether oxygens (including phenoxy) is 1. The Labute approximate surface area is 229 Å². The van der Waals surface area contributed by atoms with Gasteiger partial charge in [0.2, 0.25) is 0 Å². The van der Waals surface area contributed by atoms with Crippen molar-refractivity contribution in [3.63, 3.8) is 0 Å². The third-order valence-electron chi connectivity index (χ3n) is 6.87. The monoisotopic (exact) mass is 544 g/mol. The van der Waals surface area contributed by atoms with Crippen molar-refractivity contribution in [2.75, 3.05) is 5.32 Å². The van der Waals surface area contributed by atoms with Gasteiger partial charge in [0.25, 0.3) is 5.91 Å². The molecule has 1 aliphatic carbocycles. The van der Waals surface area contributed by atoms with Crippen molar-refractivity contribution in [2.45, 2.75) is 39.0 Å². The number of alkyl halides is 3. The highest BCUT2D eigenvalue weighted by atomic mass is 19.4. The molecule has 8 heteroatoms. The van der Waals surface area contributed by atoms with Crippen molar-refractivity contribution in [3.8, 4) is 0 Å². The molecule has 0 saturated heterocycles. The van der Waals surface area contributed by atoms with E-state index in [1.807, 2.05) is 48.5 Å². The minimum atomic E-state index is -4.55. The standard InChI is InChI=1S/C32H27F3N2O3/c1-19-15-22(17-21-9-4-3-5-10-21)29-26(16-19)28(25-13-6-7-14-27(25)37-29)31(39)40-20(2)30(38)36-24-12-8-11-23(18-24)32(33,34)35/h3-14,17-20H,15-16H2,1-2H3,(H,36,38)/b22-17-/t19-,20-/m0/s1. The van der Waals surface area contributed by atoms with Crippen molar-refractivity contribution in [1.82, 2.24) is 4.98 Å². The molecule has 2 atom stereocenters. The first-order chi connectivity index (χ1) is 19.1. The molecule has 204 valence electrons. The van der Waals surface area contributed by atoms with Crippen molar-refractivity contribution in [3.05, 3.63) is 107 Å². The Morgan fingerprint density at radius 3 is 2.48 bits per heavy atom. The number of amides is 1. The lowest BCUT2D eigenvalue weighted by atomic mass is 9.80. The normalized spacial score (nSPS) is 16.8. The van der Waals surface area contributed by atoms with Gasteiger partial charge in [0.05, 0.1) is 22.3 Å². The third-order valence-corrected chi connectivity index (χ3v) is 6.87. The summed E-state index contributed by atoms with van der Waals surface area (Å²) in [7, 11) is 0. The number of benzene rings is 3. The zero-order chi connectivity index (χ0) is 28.4. The van der Waals surface area contributed by atoms with Crippen molar-refractivity contribution < 1.29 is 27.5 Å². The van der Waals surface area contributed by atoms with Crippen LogP contribution in [-0.2, 0) is 22.1 Å². The lowest BCUT2D eigenvalue weighted by molar-refractivity contribution is -0.137. The van der Waals surface area contributed by atoms with Crippen LogP contribution in [0.4, 0.5) is 18.9 Å². The van der Waals surface area contributed by atoms with Crippen LogP contribution in [0.2, 0.25) is 0 Å². The summed E-state index contributed by atoms with van der Waals surface area (Å²) in [5.41, 5.74) is 3.57. The van der Waals surface area contributed by atoms with E-state index in [0.29, 0.717) is 22.9 Å². The van der Waals surface area contributed by atoms with E-state index in [1.54, 1.807) is 6.07 Å². The Morgan fingerprint density at radius 2 is 1.73 bits per heavy atom. The lowest BCUT2D eigenvalue weighted by Crippen LogP contribution is -2.31. The minimum Gasteiger partial charge on any atom is -0.449 e. The van der Waals surface area contributed by atoms with Gasteiger partial charge in [-0.2, -0.15) is 13.2 Å². The molecule has 0 fully saturated rings. The first-order valence-corrected chi connectivity index (χ1v) is 13.0. The number of carbonyl (C=O) groups is 2. The van der Waals surface area contributed by atoms with Gasteiger partial charge >= 0.3 is 12.1 Å². The summed E-state index contributed by atoms with van der Waals surface area (Å²) in [6.45, 7) is 3.50. The van der Waals surface area contributed by atoms with Gasteiger partial charge in [-0.05, 0) is 72.7 Å². The van der Waals surface area contributed by atoms with Crippen LogP contribution >= 0.6 is 0 Å². The molecule has 0 spiro atoms. The van der Waals surface area contributed by atoms with Gasteiger partial charge in [-0.15, -0.1) is 0 Å². The number of nitrogens with zero attached hydrogens (tertiary/aromatic N) is 1. The smallest absolute Gasteiger partial charge is 0.416 e. The highest BCUT2D eigenvalue weighted by molar-refractivity contribution is 6.07. The molecular formula is C32H27F3N2O3. The molecule has 40 heavy (non-hydrogen) atoms. The van der Waals surface area contributed by atoms with E-state index in [2.05, 4.69) is 18.3 Å².